The lowest BCUT2D eigenvalue weighted by Crippen LogP contribution is -2.01. The van der Waals surface area contributed by atoms with Crippen molar-refractivity contribution in [2.24, 2.45) is 5.92 Å². The lowest BCUT2D eigenvalue weighted by atomic mass is 10.0. The SMILES string of the molecule is CCC[C@H](C)[C@@H]1CO1. The van der Waals surface area contributed by atoms with Gasteiger partial charge in [0.1, 0.15) is 0 Å². The number of hydrogen-bond acceptors (Lipinski definition) is 1. The van der Waals surface area contributed by atoms with Gasteiger partial charge < -0.3 is 4.74 Å². The molecule has 1 heteroatoms. The van der Waals surface area contributed by atoms with Gasteiger partial charge in [0, 0.05) is 0 Å². The van der Waals surface area contributed by atoms with E-state index in [9.17, 15) is 0 Å². The van der Waals surface area contributed by atoms with Crippen LogP contribution in [0.1, 0.15) is 26.7 Å². The van der Waals surface area contributed by atoms with Gasteiger partial charge >= 0.3 is 0 Å². The van der Waals surface area contributed by atoms with Crippen LogP contribution in [0.15, 0.2) is 0 Å². The Morgan fingerprint density at radius 1 is 1.75 bits per heavy atom. The molecule has 1 aliphatic heterocycles. The quantitative estimate of drug-likeness (QED) is 0.510. The third-order valence-electron chi connectivity index (χ3n) is 1.74. The number of ether oxygens (including phenoxy) is 1. The summed E-state index contributed by atoms with van der Waals surface area (Å²) in [6.45, 7) is 5.50. The first-order chi connectivity index (χ1) is 3.84. The largest absolute Gasteiger partial charge is 0.373 e. The first-order valence-electron chi connectivity index (χ1n) is 3.46. The van der Waals surface area contributed by atoms with E-state index in [1.165, 1.54) is 12.8 Å². The first-order valence-corrected chi connectivity index (χ1v) is 3.46. The van der Waals surface area contributed by atoms with E-state index >= 15 is 0 Å². The first kappa shape index (κ1) is 6.09. The average Bonchev–Trinajstić information content (AvgIpc) is 2.45. The van der Waals surface area contributed by atoms with Crippen LogP contribution in [-0.2, 0) is 4.74 Å². The van der Waals surface area contributed by atoms with Crippen LogP contribution in [0.5, 0.6) is 0 Å². The van der Waals surface area contributed by atoms with Crippen molar-refractivity contribution in [3.63, 3.8) is 0 Å². The second kappa shape index (κ2) is 2.49. The Balaban J connectivity index is 2.03. The van der Waals surface area contributed by atoms with E-state index in [4.69, 9.17) is 4.74 Å². The van der Waals surface area contributed by atoms with Gasteiger partial charge in [0.05, 0.1) is 12.7 Å². The lowest BCUT2D eigenvalue weighted by Gasteiger charge is -2.02. The Morgan fingerprint density at radius 3 is 2.75 bits per heavy atom. The molecule has 0 radical (unpaired) electrons. The van der Waals surface area contributed by atoms with Crippen LogP contribution in [0.4, 0.5) is 0 Å². The van der Waals surface area contributed by atoms with E-state index in [0.29, 0.717) is 6.10 Å². The van der Waals surface area contributed by atoms with Crippen LogP contribution >= 0.6 is 0 Å². The average molecular weight is 114 g/mol. The van der Waals surface area contributed by atoms with Gasteiger partial charge in [0.25, 0.3) is 0 Å². The van der Waals surface area contributed by atoms with Crippen molar-refractivity contribution in [3.8, 4) is 0 Å². The number of rotatable bonds is 3. The highest BCUT2D eigenvalue weighted by Crippen LogP contribution is 2.23. The normalized spacial score (nSPS) is 30.0. The van der Waals surface area contributed by atoms with E-state index in [-0.39, 0.29) is 0 Å². The Labute approximate surface area is 51.0 Å². The Morgan fingerprint density at radius 2 is 2.38 bits per heavy atom. The summed E-state index contributed by atoms with van der Waals surface area (Å²) in [4.78, 5) is 0. The van der Waals surface area contributed by atoms with Gasteiger partial charge in [0.2, 0.25) is 0 Å². The maximum absolute atomic E-state index is 5.12. The van der Waals surface area contributed by atoms with Crippen LogP contribution in [-0.4, -0.2) is 12.7 Å². The molecule has 1 heterocycles. The summed E-state index contributed by atoms with van der Waals surface area (Å²) in [6.07, 6.45) is 3.24. The van der Waals surface area contributed by atoms with Gasteiger partial charge in [-0.2, -0.15) is 0 Å². The zero-order chi connectivity index (χ0) is 5.98. The molecular weight excluding hydrogens is 100 g/mol. The molecule has 0 N–H and O–H groups in total. The molecule has 0 saturated carbocycles. The highest BCUT2D eigenvalue weighted by atomic mass is 16.6. The molecule has 0 unspecified atom stereocenters. The molecular formula is C7H14O. The molecule has 8 heavy (non-hydrogen) atoms. The summed E-state index contributed by atoms with van der Waals surface area (Å²) in [5, 5.41) is 0. The molecule has 1 fully saturated rings. The van der Waals surface area contributed by atoms with E-state index in [0.717, 1.165) is 12.5 Å². The predicted molar refractivity (Wildman–Crippen MR) is 33.8 cm³/mol. The maximum Gasteiger partial charge on any atom is 0.0835 e. The van der Waals surface area contributed by atoms with E-state index < -0.39 is 0 Å². The van der Waals surface area contributed by atoms with Crippen molar-refractivity contribution in [2.45, 2.75) is 32.8 Å². The minimum absolute atomic E-state index is 0.620. The summed E-state index contributed by atoms with van der Waals surface area (Å²) >= 11 is 0. The van der Waals surface area contributed by atoms with Crippen molar-refractivity contribution >= 4 is 0 Å². The van der Waals surface area contributed by atoms with Crippen LogP contribution in [0.25, 0.3) is 0 Å². The molecule has 1 rings (SSSR count). The molecule has 1 aliphatic rings. The van der Waals surface area contributed by atoms with Gasteiger partial charge in [-0.1, -0.05) is 20.3 Å². The van der Waals surface area contributed by atoms with Gasteiger partial charge in [-0.05, 0) is 12.3 Å². The van der Waals surface area contributed by atoms with Gasteiger partial charge in [-0.15, -0.1) is 0 Å². The Bertz CT molecular complexity index is 66.8. The van der Waals surface area contributed by atoms with Gasteiger partial charge in [-0.25, -0.2) is 0 Å². The summed E-state index contributed by atoms with van der Waals surface area (Å²) in [7, 11) is 0. The molecule has 0 aromatic heterocycles. The van der Waals surface area contributed by atoms with Crippen molar-refractivity contribution < 1.29 is 4.74 Å². The molecule has 0 aliphatic carbocycles. The van der Waals surface area contributed by atoms with Gasteiger partial charge in [-0.3, -0.25) is 0 Å². The fourth-order valence-corrected chi connectivity index (χ4v) is 1.03. The monoisotopic (exact) mass is 114 g/mol. The number of epoxide rings is 1. The third-order valence-corrected chi connectivity index (χ3v) is 1.74. The predicted octanol–water partition coefficient (Wildman–Crippen LogP) is 1.82. The molecule has 0 bridgehead atoms. The molecule has 1 nitrogen and oxygen atoms in total. The van der Waals surface area contributed by atoms with Crippen LogP contribution in [0, 0.1) is 5.92 Å². The Kier molecular flexibility index (Phi) is 1.90. The molecule has 2 atom stereocenters. The third kappa shape index (κ3) is 1.48. The minimum Gasteiger partial charge on any atom is -0.373 e. The van der Waals surface area contributed by atoms with Crippen molar-refractivity contribution in [3.05, 3.63) is 0 Å². The maximum atomic E-state index is 5.12. The molecule has 0 aromatic rings. The zero-order valence-electron chi connectivity index (χ0n) is 5.68. The van der Waals surface area contributed by atoms with E-state index in [2.05, 4.69) is 13.8 Å². The topological polar surface area (TPSA) is 12.5 Å². The number of hydrogen-bond donors (Lipinski definition) is 0. The fraction of sp³-hybridized carbons (Fsp3) is 1.00. The van der Waals surface area contributed by atoms with Crippen LogP contribution in [0.3, 0.4) is 0 Å². The lowest BCUT2D eigenvalue weighted by molar-refractivity contribution is 0.329. The molecule has 0 amide bonds. The fourth-order valence-electron chi connectivity index (χ4n) is 1.03. The van der Waals surface area contributed by atoms with E-state index in [1.807, 2.05) is 0 Å². The summed E-state index contributed by atoms with van der Waals surface area (Å²) < 4.78 is 5.12. The summed E-state index contributed by atoms with van der Waals surface area (Å²) in [5.74, 6) is 0.806. The minimum atomic E-state index is 0.620. The standard InChI is InChI=1S/C7H14O/c1-3-4-6(2)7-5-8-7/h6-7H,3-5H2,1-2H3/t6-,7-/m0/s1. The van der Waals surface area contributed by atoms with Gasteiger partial charge in [0.15, 0.2) is 0 Å². The second-order valence-corrected chi connectivity index (χ2v) is 2.64. The molecule has 0 aromatic carbocycles. The highest BCUT2D eigenvalue weighted by molar-refractivity contribution is 4.74. The van der Waals surface area contributed by atoms with Crippen molar-refractivity contribution in [1.82, 2.24) is 0 Å². The highest BCUT2D eigenvalue weighted by Gasteiger charge is 2.28. The van der Waals surface area contributed by atoms with Crippen molar-refractivity contribution in [1.29, 1.82) is 0 Å². The van der Waals surface area contributed by atoms with Crippen molar-refractivity contribution in [2.75, 3.05) is 6.61 Å². The Hall–Kier alpha value is -0.0400. The molecule has 1 saturated heterocycles. The summed E-state index contributed by atoms with van der Waals surface area (Å²) in [5.41, 5.74) is 0. The molecule has 0 spiro atoms. The van der Waals surface area contributed by atoms with Crippen LogP contribution < -0.4 is 0 Å². The van der Waals surface area contributed by atoms with E-state index in [1.54, 1.807) is 0 Å². The molecule has 48 valence electrons. The smallest absolute Gasteiger partial charge is 0.0835 e. The van der Waals surface area contributed by atoms with Crippen LogP contribution in [0.2, 0.25) is 0 Å². The zero-order valence-corrected chi connectivity index (χ0v) is 5.68. The second-order valence-electron chi connectivity index (χ2n) is 2.64. The summed E-state index contributed by atoms with van der Waals surface area (Å²) in [6, 6.07) is 0.